The molecular weight excluding hydrogens is 308 g/mol. The fraction of sp³-hybridized carbons (Fsp3) is 0.526. The molecule has 0 spiro atoms. The Hall–Kier alpha value is -2.17. The summed E-state index contributed by atoms with van der Waals surface area (Å²) in [5.74, 6) is -0.220. The molecule has 132 valence electrons. The minimum Gasteiger partial charge on any atom is -0.494 e. The molecular formula is C19H26O5. The number of ether oxygens (including phenoxy) is 2. The van der Waals surface area contributed by atoms with Crippen LogP contribution < -0.4 is 4.74 Å². The highest BCUT2D eigenvalue weighted by atomic mass is 16.5. The van der Waals surface area contributed by atoms with Crippen LogP contribution in [0.5, 0.6) is 5.75 Å². The molecule has 1 aromatic carbocycles. The lowest BCUT2D eigenvalue weighted by atomic mass is 9.91. The van der Waals surface area contributed by atoms with Crippen LogP contribution >= 0.6 is 0 Å². The van der Waals surface area contributed by atoms with Gasteiger partial charge in [-0.1, -0.05) is 13.8 Å². The number of benzene rings is 1. The average molecular weight is 334 g/mol. The predicted molar refractivity (Wildman–Crippen MR) is 91.2 cm³/mol. The van der Waals surface area contributed by atoms with Gasteiger partial charge in [-0.15, -0.1) is 0 Å². The molecule has 1 rings (SSSR count). The van der Waals surface area contributed by atoms with Crippen molar-refractivity contribution in [2.24, 2.45) is 5.92 Å². The van der Waals surface area contributed by atoms with Crippen LogP contribution in [0, 0.1) is 5.92 Å². The fourth-order valence-electron chi connectivity index (χ4n) is 2.37. The number of ketones is 2. The first-order valence-electron chi connectivity index (χ1n) is 8.48. The van der Waals surface area contributed by atoms with Crippen LogP contribution in [0.3, 0.4) is 0 Å². The van der Waals surface area contributed by atoms with E-state index in [0.717, 1.165) is 0 Å². The Kier molecular flexibility index (Phi) is 8.76. The Labute approximate surface area is 143 Å². The molecule has 5 nitrogen and oxygen atoms in total. The van der Waals surface area contributed by atoms with Gasteiger partial charge in [-0.3, -0.25) is 9.59 Å². The molecule has 0 aliphatic rings. The summed E-state index contributed by atoms with van der Waals surface area (Å²) in [5.41, 5.74) is 0.478. The van der Waals surface area contributed by atoms with Gasteiger partial charge in [0.1, 0.15) is 17.3 Å². The largest absolute Gasteiger partial charge is 0.494 e. The quantitative estimate of drug-likeness (QED) is 0.351. The highest BCUT2D eigenvalue weighted by molar-refractivity contribution is 6.02. The standard InChI is InChI=1S/C19H26O5/c1-4-17(20)16(18(21)5-2)8-7-13-24-15-11-9-14(10-12-15)19(22)23-6-3/h9-12,16H,4-8,13H2,1-3H3. The summed E-state index contributed by atoms with van der Waals surface area (Å²) in [5, 5.41) is 0. The number of rotatable bonds is 11. The molecule has 0 unspecified atom stereocenters. The maximum absolute atomic E-state index is 11.8. The van der Waals surface area contributed by atoms with Crippen molar-refractivity contribution in [2.45, 2.75) is 46.5 Å². The van der Waals surface area contributed by atoms with Gasteiger partial charge in [0.05, 0.1) is 24.7 Å². The molecule has 0 fully saturated rings. The van der Waals surface area contributed by atoms with Gasteiger partial charge in [-0.05, 0) is 44.0 Å². The zero-order valence-electron chi connectivity index (χ0n) is 14.7. The summed E-state index contributed by atoms with van der Waals surface area (Å²) in [6.45, 7) is 6.07. The van der Waals surface area contributed by atoms with Gasteiger partial charge in [0.25, 0.3) is 0 Å². The van der Waals surface area contributed by atoms with E-state index in [-0.39, 0.29) is 17.5 Å². The Morgan fingerprint density at radius 3 is 2.04 bits per heavy atom. The topological polar surface area (TPSA) is 69.7 Å². The fourth-order valence-corrected chi connectivity index (χ4v) is 2.37. The van der Waals surface area contributed by atoms with Gasteiger partial charge in [0, 0.05) is 12.8 Å². The summed E-state index contributed by atoms with van der Waals surface area (Å²) in [6.07, 6.45) is 1.90. The summed E-state index contributed by atoms with van der Waals surface area (Å²) in [6, 6.07) is 6.71. The third kappa shape index (κ3) is 6.14. The summed E-state index contributed by atoms with van der Waals surface area (Å²) >= 11 is 0. The van der Waals surface area contributed by atoms with Gasteiger partial charge in [0.2, 0.25) is 0 Å². The van der Waals surface area contributed by atoms with Crippen LogP contribution in [0.2, 0.25) is 0 Å². The number of hydrogen-bond acceptors (Lipinski definition) is 5. The molecule has 0 radical (unpaired) electrons. The van der Waals surface area contributed by atoms with Crippen LogP contribution in [-0.4, -0.2) is 30.7 Å². The van der Waals surface area contributed by atoms with Crippen molar-refractivity contribution in [3.05, 3.63) is 29.8 Å². The highest BCUT2D eigenvalue weighted by Crippen LogP contribution is 2.16. The van der Waals surface area contributed by atoms with E-state index >= 15 is 0 Å². The lowest BCUT2D eigenvalue weighted by Crippen LogP contribution is -2.23. The minimum absolute atomic E-state index is 0.000592. The van der Waals surface area contributed by atoms with Crippen LogP contribution in [-0.2, 0) is 14.3 Å². The van der Waals surface area contributed by atoms with Crippen LogP contribution in [0.15, 0.2) is 24.3 Å². The molecule has 0 bridgehead atoms. The first-order chi connectivity index (χ1) is 11.5. The first kappa shape index (κ1) is 19.9. The number of carbonyl (C=O) groups is 3. The van der Waals surface area contributed by atoms with E-state index < -0.39 is 5.92 Å². The number of esters is 1. The molecule has 0 saturated carbocycles. The Bertz CT molecular complexity index is 531. The van der Waals surface area contributed by atoms with E-state index in [4.69, 9.17) is 9.47 Å². The zero-order chi connectivity index (χ0) is 17.9. The molecule has 24 heavy (non-hydrogen) atoms. The first-order valence-corrected chi connectivity index (χ1v) is 8.48. The van der Waals surface area contributed by atoms with Gasteiger partial charge >= 0.3 is 5.97 Å². The summed E-state index contributed by atoms with van der Waals surface area (Å²) < 4.78 is 10.5. The van der Waals surface area contributed by atoms with Gasteiger partial charge < -0.3 is 9.47 Å². The van der Waals surface area contributed by atoms with Crippen LogP contribution in [0.25, 0.3) is 0 Å². The molecule has 0 aliphatic heterocycles. The predicted octanol–water partition coefficient (Wildman–Crippen LogP) is 3.60. The SMILES string of the molecule is CCOC(=O)c1ccc(OCCCC(C(=O)CC)C(=O)CC)cc1. The van der Waals surface area contributed by atoms with E-state index in [1.165, 1.54) is 0 Å². The maximum atomic E-state index is 11.8. The van der Waals surface area contributed by atoms with Crippen molar-refractivity contribution in [1.82, 2.24) is 0 Å². The van der Waals surface area contributed by atoms with Crippen molar-refractivity contribution in [3.63, 3.8) is 0 Å². The van der Waals surface area contributed by atoms with E-state index in [1.807, 2.05) is 0 Å². The highest BCUT2D eigenvalue weighted by Gasteiger charge is 2.22. The smallest absolute Gasteiger partial charge is 0.338 e. The molecule has 0 N–H and O–H groups in total. The number of Topliss-reactive ketones (excluding diaryl/α,β-unsaturated/α-hetero) is 2. The molecule has 5 heteroatoms. The maximum Gasteiger partial charge on any atom is 0.338 e. The lowest BCUT2D eigenvalue weighted by Gasteiger charge is -2.13. The molecule has 0 atom stereocenters. The Balaban J connectivity index is 2.45. The third-order valence-electron chi connectivity index (χ3n) is 3.75. The van der Waals surface area contributed by atoms with Gasteiger partial charge in [0.15, 0.2) is 0 Å². The van der Waals surface area contributed by atoms with Crippen molar-refractivity contribution in [2.75, 3.05) is 13.2 Å². The average Bonchev–Trinajstić information content (AvgIpc) is 2.61. The number of carbonyl (C=O) groups excluding carboxylic acids is 3. The van der Waals surface area contributed by atoms with Crippen molar-refractivity contribution in [3.8, 4) is 5.75 Å². The van der Waals surface area contributed by atoms with E-state index in [1.54, 1.807) is 45.0 Å². The Morgan fingerprint density at radius 1 is 0.958 bits per heavy atom. The molecule has 0 aromatic heterocycles. The second kappa shape index (κ2) is 10.6. The monoisotopic (exact) mass is 334 g/mol. The summed E-state index contributed by atoms with van der Waals surface area (Å²) in [7, 11) is 0. The second-order valence-corrected chi connectivity index (χ2v) is 5.43. The van der Waals surface area contributed by atoms with Crippen LogP contribution in [0.4, 0.5) is 0 Å². The molecule has 0 heterocycles. The second-order valence-electron chi connectivity index (χ2n) is 5.43. The zero-order valence-corrected chi connectivity index (χ0v) is 14.7. The van der Waals surface area contributed by atoms with Crippen molar-refractivity contribution in [1.29, 1.82) is 0 Å². The summed E-state index contributed by atoms with van der Waals surface area (Å²) in [4.78, 5) is 35.2. The molecule has 0 aliphatic carbocycles. The van der Waals surface area contributed by atoms with E-state index in [2.05, 4.69) is 0 Å². The lowest BCUT2D eigenvalue weighted by molar-refractivity contribution is -0.132. The van der Waals surface area contributed by atoms with Crippen molar-refractivity contribution < 1.29 is 23.9 Å². The van der Waals surface area contributed by atoms with Gasteiger partial charge in [-0.2, -0.15) is 0 Å². The third-order valence-corrected chi connectivity index (χ3v) is 3.75. The number of hydrogen-bond donors (Lipinski definition) is 0. The van der Waals surface area contributed by atoms with Crippen molar-refractivity contribution >= 4 is 17.5 Å². The molecule has 0 saturated heterocycles. The normalized spacial score (nSPS) is 10.5. The van der Waals surface area contributed by atoms with E-state index in [0.29, 0.717) is 50.2 Å². The molecule has 0 amide bonds. The van der Waals surface area contributed by atoms with Gasteiger partial charge in [-0.25, -0.2) is 4.79 Å². The van der Waals surface area contributed by atoms with E-state index in [9.17, 15) is 14.4 Å². The minimum atomic E-state index is -0.505. The molecule has 1 aromatic rings. The van der Waals surface area contributed by atoms with Crippen LogP contribution in [0.1, 0.15) is 56.8 Å². The Morgan fingerprint density at radius 2 is 1.54 bits per heavy atom.